The number of aliphatic hydroxyl groups excluding tert-OH is 1. The number of aliphatic hydroxyl groups is 1. The fraction of sp³-hybridized carbons (Fsp3) is 1.00. The summed E-state index contributed by atoms with van der Waals surface area (Å²) in [6, 6.07) is 0. The maximum Gasteiger partial charge on any atom is 0.104 e. The van der Waals surface area contributed by atoms with Crippen molar-refractivity contribution in [3.05, 3.63) is 0 Å². The quantitative estimate of drug-likeness (QED) is 0.219. The maximum atomic E-state index is 8.58. The Bertz CT molecular complexity index is 321. The number of methoxy groups -OCH3 is 4. The van der Waals surface area contributed by atoms with Crippen molar-refractivity contribution in [2.45, 2.75) is 18.3 Å². The van der Waals surface area contributed by atoms with Gasteiger partial charge in [0, 0.05) is 28.4 Å². The Morgan fingerprint density at radius 3 is 1.28 bits per heavy atom. The number of hydrogen-bond donors (Lipinski definition) is 1. The summed E-state index contributed by atoms with van der Waals surface area (Å²) in [6.07, 6.45) is -0.471. The van der Waals surface area contributed by atoms with Crippen LogP contribution in [-0.2, 0) is 42.6 Å². The molecule has 3 atom stereocenters. The Morgan fingerprint density at radius 2 is 0.862 bits per heavy atom. The standard InChI is InChI=1S/C19H40O10/c1-21-11-17(22-2)13-28-15-19(24-4)16-29-14-18(23-3)12-27-10-9-26-8-7-25-6-5-20/h17-20H,5-16H2,1-4H3. The zero-order chi connectivity index (χ0) is 21.6. The predicted molar refractivity (Wildman–Crippen MR) is 105 cm³/mol. The molecule has 0 aliphatic carbocycles. The zero-order valence-electron chi connectivity index (χ0n) is 18.3. The summed E-state index contributed by atoms with van der Waals surface area (Å²) in [5, 5.41) is 8.58. The third kappa shape index (κ3) is 18.1. The molecule has 1 N–H and O–H groups in total. The van der Waals surface area contributed by atoms with Gasteiger partial charge >= 0.3 is 0 Å². The van der Waals surface area contributed by atoms with Crippen LogP contribution in [0.15, 0.2) is 0 Å². The Kier molecular flexibility index (Phi) is 22.0. The SMILES string of the molecule is COCC(COCC(COCC(COCCOCCOCCO)OC)OC)OC. The lowest BCUT2D eigenvalue weighted by atomic mass is 10.3. The van der Waals surface area contributed by atoms with E-state index in [1.165, 1.54) is 0 Å². The van der Waals surface area contributed by atoms with Crippen LogP contribution in [0.1, 0.15) is 0 Å². The molecule has 0 heterocycles. The third-order valence-corrected chi connectivity index (χ3v) is 3.85. The van der Waals surface area contributed by atoms with Crippen LogP contribution in [0.5, 0.6) is 0 Å². The average molecular weight is 429 g/mol. The number of ether oxygens (including phenoxy) is 9. The lowest BCUT2D eigenvalue weighted by Gasteiger charge is -2.20. The molecule has 0 rings (SSSR count). The lowest BCUT2D eigenvalue weighted by molar-refractivity contribution is -0.0918. The number of rotatable bonds is 23. The molecule has 10 heteroatoms. The molecule has 0 spiro atoms. The van der Waals surface area contributed by atoms with Crippen molar-refractivity contribution in [3.8, 4) is 0 Å². The van der Waals surface area contributed by atoms with E-state index in [9.17, 15) is 0 Å². The van der Waals surface area contributed by atoms with E-state index in [-0.39, 0.29) is 24.9 Å². The van der Waals surface area contributed by atoms with Crippen molar-refractivity contribution in [2.75, 3.05) is 108 Å². The van der Waals surface area contributed by atoms with Gasteiger partial charge in [-0.3, -0.25) is 0 Å². The average Bonchev–Trinajstić information content (AvgIpc) is 2.74. The van der Waals surface area contributed by atoms with Gasteiger partial charge < -0.3 is 47.7 Å². The second-order valence-electron chi connectivity index (χ2n) is 6.13. The third-order valence-electron chi connectivity index (χ3n) is 3.85. The molecule has 0 aromatic carbocycles. The van der Waals surface area contributed by atoms with Crippen LogP contribution in [0, 0.1) is 0 Å². The second kappa shape index (κ2) is 22.3. The highest BCUT2D eigenvalue weighted by Gasteiger charge is 2.14. The Balaban J connectivity index is 3.72. The molecule has 0 aromatic rings. The first-order valence-electron chi connectivity index (χ1n) is 9.78. The van der Waals surface area contributed by atoms with E-state index < -0.39 is 0 Å². The van der Waals surface area contributed by atoms with Crippen LogP contribution in [-0.4, -0.2) is 131 Å². The van der Waals surface area contributed by atoms with Crippen LogP contribution >= 0.6 is 0 Å². The molecule has 0 bridgehead atoms. The van der Waals surface area contributed by atoms with E-state index in [0.29, 0.717) is 72.7 Å². The first-order chi connectivity index (χ1) is 14.2. The van der Waals surface area contributed by atoms with E-state index in [1.807, 2.05) is 0 Å². The molecular formula is C19H40O10. The van der Waals surface area contributed by atoms with Gasteiger partial charge in [0.25, 0.3) is 0 Å². The summed E-state index contributed by atoms with van der Waals surface area (Å²) in [4.78, 5) is 0. The molecule has 0 saturated heterocycles. The summed E-state index contributed by atoms with van der Waals surface area (Å²) in [6.45, 7) is 4.66. The topological polar surface area (TPSA) is 103 Å². The van der Waals surface area contributed by atoms with Gasteiger partial charge in [0.15, 0.2) is 0 Å². The lowest BCUT2D eigenvalue weighted by Crippen LogP contribution is -2.31. The Morgan fingerprint density at radius 1 is 0.483 bits per heavy atom. The predicted octanol–water partition coefficient (Wildman–Crippen LogP) is -0.247. The molecule has 0 aromatic heterocycles. The van der Waals surface area contributed by atoms with Crippen molar-refractivity contribution in [2.24, 2.45) is 0 Å². The summed E-state index contributed by atoms with van der Waals surface area (Å²) >= 11 is 0. The van der Waals surface area contributed by atoms with Crippen molar-refractivity contribution in [3.63, 3.8) is 0 Å². The van der Waals surface area contributed by atoms with Crippen LogP contribution in [0.4, 0.5) is 0 Å². The molecular weight excluding hydrogens is 388 g/mol. The largest absolute Gasteiger partial charge is 0.394 e. The first kappa shape index (κ1) is 28.6. The molecule has 0 saturated carbocycles. The fourth-order valence-corrected chi connectivity index (χ4v) is 2.12. The van der Waals surface area contributed by atoms with Gasteiger partial charge in [0.2, 0.25) is 0 Å². The minimum absolute atomic E-state index is 0.0183. The van der Waals surface area contributed by atoms with Gasteiger partial charge in [0.1, 0.15) is 18.3 Å². The zero-order valence-corrected chi connectivity index (χ0v) is 18.3. The highest BCUT2D eigenvalue weighted by molar-refractivity contribution is 4.60. The van der Waals surface area contributed by atoms with E-state index in [2.05, 4.69) is 0 Å². The van der Waals surface area contributed by atoms with Gasteiger partial charge in [-0.2, -0.15) is 0 Å². The van der Waals surface area contributed by atoms with Crippen LogP contribution in [0.3, 0.4) is 0 Å². The van der Waals surface area contributed by atoms with Crippen molar-refractivity contribution < 1.29 is 47.7 Å². The molecule has 10 nitrogen and oxygen atoms in total. The monoisotopic (exact) mass is 428 g/mol. The number of hydrogen-bond acceptors (Lipinski definition) is 10. The van der Waals surface area contributed by atoms with Crippen LogP contribution < -0.4 is 0 Å². The van der Waals surface area contributed by atoms with E-state index in [4.69, 9.17) is 47.7 Å². The smallest absolute Gasteiger partial charge is 0.104 e. The molecule has 0 amide bonds. The molecule has 0 aliphatic heterocycles. The van der Waals surface area contributed by atoms with E-state index in [0.717, 1.165) is 0 Å². The molecule has 0 aliphatic rings. The molecule has 176 valence electrons. The summed E-state index contributed by atoms with van der Waals surface area (Å²) in [5.41, 5.74) is 0. The van der Waals surface area contributed by atoms with Crippen molar-refractivity contribution in [1.29, 1.82) is 0 Å². The van der Waals surface area contributed by atoms with Crippen molar-refractivity contribution in [1.82, 2.24) is 0 Å². The molecule has 0 fully saturated rings. The normalized spacial score (nSPS) is 14.8. The first-order valence-corrected chi connectivity index (χ1v) is 9.78. The van der Waals surface area contributed by atoms with E-state index in [1.54, 1.807) is 28.4 Å². The minimum Gasteiger partial charge on any atom is -0.394 e. The van der Waals surface area contributed by atoms with Crippen LogP contribution in [0.2, 0.25) is 0 Å². The molecule has 29 heavy (non-hydrogen) atoms. The van der Waals surface area contributed by atoms with E-state index >= 15 is 0 Å². The highest BCUT2D eigenvalue weighted by atomic mass is 16.6. The van der Waals surface area contributed by atoms with Gasteiger partial charge in [-0.1, -0.05) is 0 Å². The van der Waals surface area contributed by atoms with Gasteiger partial charge in [-0.05, 0) is 0 Å². The molecule has 3 unspecified atom stereocenters. The molecule has 0 radical (unpaired) electrons. The summed E-state index contributed by atoms with van der Waals surface area (Å²) < 4.78 is 48.3. The Hall–Kier alpha value is -0.400. The highest BCUT2D eigenvalue weighted by Crippen LogP contribution is 2.00. The van der Waals surface area contributed by atoms with Crippen molar-refractivity contribution >= 4 is 0 Å². The summed E-state index contributed by atoms with van der Waals surface area (Å²) in [5.74, 6) is 0. The van der Waals surface area contributed by atoms with Gasteiger partial charge in [-0.15, -0.1) is 0 Å². The van der Waals surface area contributed by atoms with Gasteiger partial charge in [0.05, 0.1) is 79.3 Å². The van der Waals surface area contributed by atoms with Gasteiger partial charge in [-0.25, -0.2) is 0 Å². The summed E-state index contributed by atoms with van der Waals surface area (Å²) in [7, 11) is 6.48. The fourth-order valence-electron chi connectivity index (χ4n) is 2.12. The maximum absolute atomic E-state index is 8.58. The minimum atomic E-state index is -0.185. The second-order valence-corrected chi connectivity index (χ2v) is 6.13. The van der Waals surface area contributed by atoms with Crippen LogP contribution in [0.25, 0.3) is 0 Å². The Labute approximate surface area is 174 Å².